The van der Waals surface area contributed by atoms with Crippen LogP contribution in [0.2, 0.25) is 0 Å². The first-order chi connectivity index (χ1) is 11.5. The molecule has 1 aliphatic heterocycles. The standard InChI is InChI=1S/C18H19NO4S/c1-19(24(20,21)12-11-15-7-3-2-4-8-15)13-16-14-22-17-9-5-6-10-18(17)23-16/h2-12,16H,13-14H2,1H3/b12-11+/t16-/m0/s1. The first-order valence-corrected chi connectivity index (χ1v) is 9.13. The zero-order chi connectivity index (χ0) is 17.0. The zero-order valence-corrected chi connectivity index (χ0v) is 14.1. The molecule has 0 fully saturated rings. The Kier molecular flexibility index (Phi) is 4.87. The molecule has 126 valence electrons. The second kappa shape index (κ2) is 7.07. The Balaban J connectivity index is 1.64. The predicted octanol–water partition coefficient (Wildman–Crippen LogP) is 2.76. The minimum Gasteiger partial charge on any atom is -0.486 e. The van der Waals surface area contributed by atoms with Gasteiger partial charge in [-0.05, 0) is 23.8 Å². The first-order valence-electron chi connectivity index (χ1n) is 7.62. The molecule has 0 saturated heterocycles. The number of hydrogen-bond acceptors (Lipinski definition) is 4. The Morgan fingerprint density at radius 2 is 1.75 bits per heavy atom. The fraction of sp³-hybridized carbons (Fsp3) is 0.222. The highest BCUT2D eigenvalue weighted by Gasteiger charge is 2.25. The summed E-state index contributed by atoms with van der Waals surface area (Å²) in [5.41, 5.74) is 0.834. The van der Waals surface area contributed by atoms with Crippen LogP contribution < -0.4 is 9.47 Å². The molecular formula is C18H19NO4S. The van der Waals surface area contributed by atoms with E-state index in [0.29, 0.717) is 18.1 Å². The van der Waals surface area contributed by atoms with Crippen LogP contribution in [0.3, 0.4) is 0 Å². The Labute approximate surface area is 142 Å². The van der Waals surface area contributed by atoms with E-state index in [0.717, 1.165) is 5.56 Å². The van der Waals surface area contributed by atoms with Crippen molar-refractivity contribution in [2.45, 2.75) is 6.10 Å². The lowest BCUT2D eigenvalue weighted by molar-refractivity contribution is 0.0800. The van der Waals surface area contributed by atoms with Gasteiger partial charge in [0.1, 0.15) is 12.7 Å². The number of hydrogen-bond donors (Lipinski definition) is 0. The molecule has 3 rings (SSSR count). The van der Waals surface area contributed by atoms with Crippen molar-refractivity contribution >= 4 is 16.1 Å². The number of benzene rings is 2. The number of rotatable bonds is 5. The molecule has 1 atom stereocenters. The van der Waals surface area contributed by atoms with Gasteiger partial charge in [0.15, 0.2) is 11.5 Å². The molecule has 0 N–H and O–H groups in total. The monoisotopic (exact) mass is 345 g/mol. The topological polar surface area (TPSA) is 55.8 Å². The highest BCUT2D eigenvalue weighted by atomic mass is 32.2. The molecule has 1 aliphatic rings. The van der Waals surface area contributed by atoms with Gasteiger partial charge in [0, 0.05) is 12.5 Å². The van der Waals surface area contributed by atoms with E-state index >= 15 is 0 Å². The lowest BCUT2D eigenvalue weighted by Crippen LogP contribution is -2.41. The van der Waals surface area contributed by atoms with Gasteiger partial charge in [0.25, 0.3) is 0 Å². The molecule has 0 aromatic heterocycles. The summed E-state index contributed by atoms with van der Waals surface area (Å²) in [6.45, 7) is 0.537. The number of para-hydroxylation sites is 2. The summed E-state index contributed by atoms with van der Waals surface area (Å²) in [6.07, 6.45) is 1.24. The lowest BCUT2D eigenvalue weighted by atomic mass is 10.2. The summed E-state index contributed by atoms with van der Waals surface area (Å²) < 4.78 is 37.4. The molecule has 24 heavy (non-hydrogen) atoms. The summed E-state index contributed by atoms with van der Waals surface area (Å²) in [5.74, 6) is 1.32. The third kappa shape index (κ3) is 3.96. The molecule has 1 heterocycles. The molecule has 6 heteroatoms. The van der Waals surface area contributed by atoms with Crippen molar-refractivity contribution in [1.82, 2.24) is 4.31 Å². The van der Waals surface area contributed by atoms with Crippen LogP contribution in [-0.4, -0.2) is 39.0 Å². The molecule has 0 amide bonds. The Morgan fingerprint density at radius 1 is 1.08 bits per heavy atom. The van der Waals surface area contributed by atoms with Crippen LogP contribution in [0.25, 0.3) is 6.08 Å². The second-order valence-corrected chi connectivity index (χ2v) is 7.46. The van der Waals surface area contributed by atoms with E-state index in [2.05, 4.69) is 0 Å². The molecule has 0 spiro atoms. The van der Waals surface area contributed by atoms with E-state index in [4.69, 9.17) is 9.47 Å². The van der Waals surface area contributed by atoms with E-state index in [1.807, 2.05) is 54.6 Å². The lowest BCUT2D eigenvalue weighted by Gasteiger charge is -2.28. The molecule has 0 unspecified atom stereocenters. The van der Waals surface area contributed by atoms with Crippen LogP contribution in [0, 0.1) is 0 Å². The third-order valence-electron chi connectivity index (χ3n) is 3.69. The van der Waals surface area contributed by atoms with Crippen LogP contribution >= 0.6 is 0 Å². The molecule has 2 aromatic rings. The maximum atomic E-state index is 12.4. The minimum absolute atomic E-state index is 0.218. The highest BCUT2D eigenvalue weighted by molar-refractivity contribution is 7.92. The molecule has 0 saturated carbocycles. The SMILES string of the molecule is CN(C[C@H]1COc2ccccc2O1)S(=O)(=O)/C=C/c1ccccc1. The summed E-state index contributed by atoms with van der Waals surface area (Å²) in [5, 5.41) is 1.21. The zero-order valence-electron chi connectivity index (χ0n) is 13.3. The second-order valence-electron chi connectivity index (χ2n) is 5.54. The van der Waals surface area contributed by atoms with Crippen LogP contribution in [0.1, 0.15) is 5.56 Å². The van der Waals surface area contributed by atoms with Gasteiger partial charge < -0.3 is 9.47 Å². The van der Waals surface area contributed by atoms with Crippen molar-refractivity contribution in [3.8, 4) is 11.5 Å². The van der Waals surface area contributed by atoms with Gasteiger partial charge in [-0.25, -0.2) is 8.42 Å². The minimum atomic E-state index is -3.52. The largest absolute Gasteiger partial charge is 0.486 e. The summed E-state index contributed by atoms with van der Waals surface area (Å²) in [6, 6.07) is 16.7. The average Bonchev–Trinajstić information content (AvgIpc) is 2.61. The Hall–Kier alpha value is -2.31. The van der Waals surface area contributed by atoms with Gasteiger partial charge in [-0.15, -0.1) is 0 Å². The van der Waals surface area contributed by atoms with Gasteiger partial charge in [-0.3, -0.25) is 0 Å². The number of sulfonamides is 1. The van der Waals surface area contributed by atoms with E-state index in [9.17, 15) is 8.42 Å². The number of likely N-dealkylation sites (N-methyl/N-ethyl adjacent to an activating group) is 1. The van der Waals surface area contributed by atoms with Crippen LogP contribution in [0.5, 0.6) is 11.5 Å². The summed E-state index contributed by atoms with van der Waals surface area (Å²) in [7, 11) is -1.98. The third-order valence-corrected chi connectivity index (χ3v) is 5.19. The first kappa shape index (κ1) is 16.5. The average molecular weight is 345 g/mol. The number of fused-ring (bicyclic) bond motifs is 1. The van der Waals surface area contributed by atoms with E-state index in [-0.39, 0.29) is 12.6 Å². The van der Waals surface area contributed by atoms with Crippen molar-refractivity contribution in [2.24, 2.45) is 0 Å². The van der Waals surface area contributed by atoms with Gasteiger partial charge in [0.2, 0.25) is 10.0 Å². The Bertz CT molecular complexity index is 818. The van der Waals surface area contributed by atoms with Crippen molar-refractivity contribution in [3.05, 3.63) is 65.6 Å². The van der Waals surface area contributed by atoms with E-state index in [1.165, 1.54) is 16.8 Å². The summed E-state index contributed by atoms with van der Waals surface area (Å²) in [4.78, 5) is 0. The van der Waals surface area contributed by atoms with Gasteiger partial charge in [0.05, 0.1) is 6.54 Å². The highest BCUT2D eigenvalue weighted by Crippen LogP contribution is 2.31. The van der Waals surface area contributed by atoms with Gasteiger partial charge >= 0.3 is 0 Å². The molecule has 0 bridgehead atoms. The van der Waals surface area contributed by atoms with Crippen molar-refractivity contribution in [1.29, 1.82) is 0 Å². The molecule has 2 aromatic carbocycles. The Morgan fingerprint density at radius 3 is 2.50 bits per heavy atom. The van der Waals surface area contributed by atoms with Crippen molar-refractivity contribution in [3.63, 3.8) is 0 Å². The quantitative estimate of drug-likeness (QED) is 0.836. The van der Waals surface area contributed by atoms with Crippen molar-refractivity contribution in [2.75, 3.05) is 20.2 Å². The maximum absolute atomic E-state index is 12.4. The van der Waals surface area contributed by atoms with Gasteiger partial charge in [-0.1, -0.05) is 42.5 Å². The van der Waals surface area contributed by atoms with Gasteiger partial charge in [-0.2, -0.15) is 4.31 Å². The fourth-order valence-corrected chi connectivity index (χ4v) is 3.29. The number of ether oxygens (including phenoxy) is 2. The predicted molar refractivity (Wildman–Crippen MR) is 93.4 cm³/mol. The molecular weight excluding hydrogens is 326 g/mol. The maximum Gasteiger partial charge on any atom is 0.236 e. The van der Waals surface area contributed by atoms with Crippen LogP contribution in [-0.2, 0) is 10.0 Å². The van der Waals surface area contributed by atoms with Crippen LogP contribution in [0.15, 0.2) is 60.0 Å². The molecule has 0 radical (unpaired) electrons. The molecule has 5 nitrogen and oxygen atoms in total. The molecule has 0 aliphatic carbocycles. The van der Waals surface area contributed by atoms with Crippen molar-refractivity contribution < 1.29 is 17.9 Å². The fourth-order valence-electron chi connectivity index (χ4n) is 2.38. The normalized spacial score (nSPS) is 17.3. The smallest absolute Gasteiger partial charge is 0.236 e. The van der Waals surface area contributed by atoms with Crippen LogP contribution in [0.4, 0.5) is 0 Å². The number of nitrogens with zero attached hydrogens (tertiary/aromatic N) is 1. The van der Waals surface area contributed by atoms with E-state index < -0.39 is 10.0 Å². The summed E-state index contributed by atoms with van der Waals surface area (Å²) >= 11 is 0. The van der Waals surface area contributed by atoms with E-state index in [1.54, 1.807) is 6.08 Å².